The topological polar surface area (TPSA) is 133 Å². The number of carbonyl (C=O) groups excluding carboxylic acids is 1. The lowest BCUT2D eigenvalue weighted by atomic mass is 9.98. The smallest absolute Gasteiger partial charge is 0.273 e. The normalized spacial score (nSPS) is 15.6. The Morgan fingerprint density at radius 3 is 2.52 bits per heavy atom. The van der Waals surface area contributed by atoms with E-state index in [0.29, 0.717) is 4.31 Å². The van der Waals surface area contributed by atoms with E-state index in [1.807, 2.05) is 0 Å². The SMILES string of the molecule is CS(=O)(=O)N(C(=O)CN)c1ccc([N+](=O)[O-])cc1OC1CCCCC1. The van der Waals surface area contributed by atoms with Crippen molar-refractivity contribution in [1.82, 2.24) is 0 Å². The summed E-state index contributed by atoms with van der Waals surface area (Å²) < 4.78 is 30.5. The molecule has 0 atom stereocenters. The van der Waals surface area contributed by atoms with Crippen LogP contribution in [0.1, 0.15) is 32.1 Å². The summed E-state index contributed by atoms with van der Waals surface area (Å²) in [5.41, 5.74) is 5.01. The zero-order valence-electron chi connectivity index (χ0n) is 13.9. The number of hydrogen-bond acceptors (Lipinski definition) is 7. The Balaban J connectivity index is 2.50. The van der Waals surface area contributed by atoms with Gasteiger partial charge in [0.2, 0.25) is 10.0 Å². The predicted molar refractivity (Wildman–Crippen MR) is 92.0 cm³/mol. The number of anilines is 1. The first-order valence-electron chi connectivity index (χ1n) is 7.92. The molecule has 0 spiro atoms. The number of nitro groups is 1. The lowest BCUT2D eigenvalue weighted by Gasteiger charge is -2.27. The van der Waals surface area contributed by atoms with Crippen LogP contribution in [0.4, 0.5) is 11.4 Å². The fourth-order valence-electron chi connectivity index (χ4n) is 2.82. The van der Waals surface area contributed by atoms with Gasteiger partial charge in [-0.3, -0.25) is 14.9 Å². The average molecular weight is 371 g/mol. The lowest BCUT2D eigenvalue weighted by molar-refractivity contribution is -0.384. The van der Waals surface area contributed by atoms with Crippen molar-refractivity contribution in [2.24, 2.45) is 5.73 Å². The number of benzene rings is 1. The van der Waals surface area contributed by atoms with E-state index in [0.717, 1.165) is 50.5 Å². The molecule has 1 aliphatic carbocycles. The van der Waals surface area contributed by atoms with E-state index in [2.05, 4.69) is 0 Å². The van der Waals surface area contributed by atoms with Crippen molar-refractivity contribution in [3.8, 4) is 5.75 Å². The minimum Gasteiger partial charge on any atom is -0.488 e. The highest BCUT2D eigenvalue weighted by Gasteiger charge is 2.29. The third kappa shape index (κ3) is 4.67. The zero-order chi connectivity index (χ0) is 18.6. The van der Waals surface area contributed by atoms with E-state index in [-0.39, 0.29) is 23.2 Å². The summed E-state index contributed by atoms with van der Waals surface area (Å²) in [4.78, 5) is 22.5. The molecule has 0 unspecified atom stereocenters. The van der Waals surface area contributed by atoms with E-state index in [9.17, 15) is 23.3 Å². The van der Waals surface area contributed by atoms with E-state index in [4.69, 9.17) is 10.5 Å². The van der Waals surface area contributed by atoms with Crippen LogP contribution in [-0.2, 0) is 14.8 Å². The van der Waals surface area contributed by atoms with E-state index in [1.165, 1.54) is 6.07 Å². The molecule has 1 amide bonds. The number of amides is 1. The van der Waals surface area contributed by atoms with Gasteiger partial charge in [0.25, 0.3) is 11.6 Å². The van der Waals surface area contributed by atoms with Gasteiger partial charge in [0.15, 0.2) is 5.75 Å². The second kappa shape index (κ2) is 7.79. The minimum absolute atomic E-state index is 0.00618. The number of sulfonamides is 1. The van der Waals surface area contributed by atoms with Crippen molar-refractivity contribution >= 4 is 27.3 Å². The van der Waals surface area contributed by atoms with Gasteiger partial charge in [0.1, 0.15) is 5.69 Å². The maximum absolute atomic E-state index is 12.1. The minimum atomic E-state index is -3.97. The van der Waals surface area contributed by atoms with Gasteiger partial charge >= 0.3 is 0 Å². The van der Waals surface area contributed by atoms with Crippen LogP contribution in [0.15, 0.2) is 18.2 Å². The summed E-state index contributed by atoms with van der Waals surface area (Å²) in [6.45, 7) is -0.521. The molecular formula is C15H21N3O6S. The van der Waals surface area contributed by atoms with Gasteiger partial charge < -0.3 is 10.5 Å². The van der Waals surface area contributed by atoms with Gasteiger partial charge in [-0.1, -0.05) is 6.42 Å². The highest BCUT2D eigenvalue weighted by Crippen LogP contribution is 2.36. The number of non-ortho nitro benzene ring substituents is 1. The van der Waals surface area contributed by atoms with Crippen molar-refractivity contribution < 1.29 is 22.9 Å². The number of carbonyl (C=O) groups is 1. The lowest BCUT2D eigenvalue weighted by Crippen LogP contribution is -2.40. The van der Waals surface area contributed by atoms with Crippen molar-refractivity contribution in [2.45, 2.75) is 38.2 Å². The largest absolute Gasteiger partial charge is 0.488 e. The number of hydrogen-bond donors (Lipinski definition) is 1. The quantitative estimate of drug-likeness (QED) is 0.592. The maximum atomic E-state index is 12.1. The maximum Gasteiger partial charge on any atom is 0.273 e. The van der Waals surface area contributed by atoms with Crippen molar-refractivity contribution in [3.05, 3.63) is 28.3 Å². The summed E-state index contributed by atoms with van der Waals surface area (Å²) in [5.74, 6) is -0.849. The molecule has 1 aromatic carbocycles. The Labute approximate surface area is 145 Å². The third-order valence-corrected chi connectivity index (χ3v) is 5.02. The Morgan fingerprint density at radius 1 is 1.36 bits per heavy atom. The molecule has 9 nitrogen and oxygen atoms in total. The first kappa shape index (κ1) is 19.1. The summed E-state index contributed by atoms with van der Waals surface area (Å²) in [7, 11) is -3.97. The highest BCUT2D eigenvalue weighted by atomic mass is 32.2. The van der Waals surface area contributed by atoms with Crippen molar-refractivity contribution in [3.63, 3.8) is 0 Å². The summed E-state index contributed by atoms with van der Waals surface area (Å²) in [6.07, 6.45) is 5.25. The molecule has 0 saturated heterocycles. The van der Waals surface area contributed by atoms with Crippen LogP contribution in [0.2, 0.25) is 0 Å². The standard InChI is InChI=1S/C15H21N3O6S/c1-25(22,23)17(15(19)10-16)13-8-7-11(18(20)21)9-14(13)24-12-5-3-2-4-6-12/h7-9,12H,2-6,10,16H2,1H3. The highest BCUT2D eigenvalue weighted by molar-refractivity contribution is 7.92. The van der Waals surface area contributed by atoms with Gasteiger partial charge in [-0.25, -0.2) is 12.7 Å². The van der Waals surface area contributed by atoms with Crippen molar-refractivity contribution in [2.75, 3.05) is 17.1 Å². The molecule has 0 aromatic heterocycles. The molecule has 2 N–H and O–H groups in total. The molecule has 10 heteroatoms. The first-order valence-corrected chi connectivity index (χ1v) is 9.77. The molecule has 1 fully saturated rings. The molecule has 0 heterocycles. The number of nitrogens with zero attached hydrogens (tertiary/aromatic N) is 2. The fraction of sp³-hybridized carbons (Fsp3) is 0.533. The molecule has 1 aliphatic rings. The van der Waals surface area contributed by atoms with E-state index in [1.54, 1.807) is 0 Å². The monoisotopic (exact) mass is 371 g/mol. The second-order valence-corrected chi connectivity index (χ2v) is 7.74. The van der Waals surface area contributed by atoms with Gasteiger partial charge in [-0.05, 0) is 31.7 Å². The molecule has 25 heavy (non-hydrogen) atoms. The third-order valence-electron chi connectivity index (χ3n) is 3.95. The summed E-state index contributed by atoms with van der Waals surface area (Å²) >= 11 is 0. The van der Waals surface area contributed by atoms with Gasteiger partial charge in [-0.15, -0.1) is 0 Å². The van der Waals surface area contributed by atoms with Crippen LogP contribution < -0.4 is 14.8 Å². The summed E-state index contributed by atoms with van der Waals surface area (Å²) in [5, 5.41) is 11.0. The van der Waals surface area contributed by atoms with Crippen molar-refractivity contribution in [1.29, 1.82) is 0 Å². The fourth-order valence-corrected chi connectivity index (χ4v) is 3.77. The molecule has 1 saturated carbocycles. The number of nitro benzene ring substituents is 1. The Bertz CT molecular complexity index is 759. The van der Waals surface area contributed by atoms with Crippen LogP contribution >= 0.6 is 0 Å². The van der Waals surface area contributed by atoms with Gasteiger partial charge in [0.05, 0.1) is 29.9 Å². The Hall–Kier alpha value is -2.20. The number of ether oxygens (including phenoxy) is 1. The van der Waals surface area contributed by atoms with Crippen LogP contribution in [0.5, 0.6) is 5.75 Å². The summed E-state index contributed by atoms with van der Waals surface area (Å²) in [6, 6.07) is 3.47. The van der Waals surface area contributed by atoms with Crippen LogP contribution in [0.25, 0.3) is 0 Å². The molecule has 0 bridgehead atoms. The van der Waals surface area contributed by atoms with Crippen LogP contribution in [0.3, 0.4) is 0 Å². The molecule has 1 aromatic rings. The second-order valence-electron chi connectivity index (χ2n) is 5.91. The van der Waals surface area contributed by atoms with Gasteiger partial charge in [0, 0.05) is 6.07 Å². The Morgan fingerprint density at radius 2 is 2.00 bits per heavy atom. The molecule has 138 valence electrons. The van der Waals surface area contributed by atoms with Gasteiger partial charge in [-0.2, -0.15) is 0 Å². The van der Waals surface area contributed by atoms with E-state index >= 15 is 0 Å². The molecule has 0 radical (unpaired) electrons. The zero-order valence-corrected chi connectivity index (χ0v) is 14.7. The Kier molecular flexibility index (Phi) is 5.96. The molecular weight excluding hydrogens is 350 g/mol. The average Bonchev–Trinajstić information content (AvgIpc) is 2.55. The molecule has 2 rings (SSSR count). The van der Waals surface area contributed by atoms with E-state index < -0.39 is 27.4 Å². The predicted octanol–water partition coefficient (Wildman–Crippen LogP) is 1.56. The molecule has 0 aliphatic heterocycles. The van der Waals surface area contributed by atoms with Crippen LogP contribution in [0, 0.1) is 10.1 Å². The number of rotatable bonds is 6. The number of nitrogens with two attached hydrogens (primary N) is 1. The first-order chi connectivity index (χ1) is 11.7. The van der Waals surface area contributed by atoms with Crippen LogP contribution in [-0.4, -0.2) is 38.2 Å².